The number of aliphatic carboxylic acids is 1. The Kier molecular flexibility index (Phi) is 9.46. The van der Waals surface area contributed by atoms with Crippen molar-refractivity contribution >= 4 is 45.0 Å². The number of ketones is 1. The molecule has 0 saturated carbocycles. The number of hydrogen-bond acceptors (Lipinski definition) is 7. The predicted molar refractivity (Wildman–Crippen MR) is 129 cm³/mol. The summed E-state index contributed by atoms with van der Waals surface area (Å²) in [5.74, 6) is -1.76. The van der Waals surface area contributed by atoms with Gasteiger partial charge in [-0.1, -0.05) is 18.2 Å². The number of sulfonamides is 1. The summed E-state index contributed by atoms with van der Waals surface area (Å²) in [7, 11) is -4.55. The summed E-state index contributed by atoms with van der Waals surface area (Å²) in [5.41, 5.74) is 1.32. The fraction of sp³-hybridized carbons (Fsp3) is 0.318. The maximum atomic E-state index is 12.8. The van der Waals surface area contributed by atoms with Gasteiger partial charge in [-0.15, -0.1) is 33.4 Å². The fourth-order valence-corrected chi connectivity index (χ4v) is 5.18. The SMILES string of the molecule is O=C(O)CC(NS(=O)(=O)c1ccc(C(F)(F)F)cc1)C(=O)Cn1nnc(Cc2c(CCl)cccc2CCl)n1. The van der Waals surface area contributed by atoms with E-state index < -0.39 is 57.4 Å². The van der Waals surface area contributed by atoms with Gasteiger partial charge in [0.05, 0.1) is 22.9 Å². The molecule has 16 heteroatoms. The van der Waals surface area contributed by atoms with Crippen LogP contribution in [0.15, 0.2) is 47.4 Å². The Morgan fingerprint density at radius 3 is 2.18 bits per heavy atom. The van der Waals surface area contributed by atoms with E-state index in [1.807, 2.05) is 16.9 Å². The second kappa shape index (κ2) is 12.2. The molecule has 3 rings (SSSR count). The number of carboxylic acid groups (broad SMARTS) is 1. The Morgan fingerprint density at radius 2 is 1.66 bits per heavy atom. The molecule has 0 radical (unpaired) electrons. The van der Waals surface area contributed by atoms with Gasteiger partial charge in [-0.05, 0) is 46.2 Å². The molecule has 1 heterocycles. The van der Waals surface area contributed by atoms with Gasteiger partial charge in [0.15, 0.2) is 11.6 Å². The van der Waals surface area contributed by atoms with Gasteiger partial charge in [0.25, 0.3) is 0 Å². The number of carboxylic acids is 1. The summed E-state index contributed by atoms with van der Waals surface area (Å²) in [6.45, 7) is -0.625. The summed E-state index contributed by atoms with van der Waals surface area (Å²) in [6.07, 6.45) is -5.42. The second-order valence-electron chi connectivity index (χ2n) is 8.00. The van der Waals surface area contributed by atoms with Crippen LogP contribution in [0.25, 0.3) is 0 Å². The van der Waals surface area contributed by atoms with Gasteiger partial charge in [-0.3, -0.25) is 9.59 Å². The zero-order valence-electron chi connectivity index (χ0n) is 19.3. The molecule has 1 aromatic heterocycles. The Hall–Kier alpha value is -3.07. The first-order valence-electron chi connectivity index (χ1n) is 10.8. The van der Waals surface area contributed by atoms with Crippen molar-refractivity contribution in [1.82, 2.24) is 24.9 Å². The Balaban J connectivity index is 1.76. The molecule has 2 N–H and O–H groups in total. The summed E-state index contributed by atoms with van der Waals surface area (Å²) >= 11 is 12.0. The molecule has 0 aliphatic rings. The highest BCUT2D eigenvalue weighted by Crippen LogP contribution is 2.29. The lowest BCUT2D eigenvalue weighted by Gasteiger charge is -2.16. The molecule has 0 fully saturated rings. The molecule has 0 saturated heterocycles. The van der Waals surface area contributed by atoms with Crippen LogP contribution in [-0.2, 0) is 50.5 Å². The summed E-state index contributed by atoms with van der Waals surface area (Å²) < 4.78 is 65.6. The van der Waals surface area contributed by atoms with Gasteiger partial charge < -0.3 is 5.11 Å². The van der Waals surface area contributed by atoms with Crippen LogP contribution in [0.4, 0.5) is 13.2 Å². The molecule has 10 nitrogen and oxygen atoms in total. The standard InChI is InChI=1S/C22H20Cl2F3N5O5S/c23-10-13-2-1-3-14(11-24)17(13)8-20-28-31-32(29-20)12-19(33)18(9-21(34)35)30-38(36,37)16-6-4-15(5-7-16)22(25,26)27/h1-7,18,30H,8-12H2,(H,34,35). The number of alkyl halides is 5. The summed E-state index contributed by atoms with van der Waals surface area (Å²) in [4.78, 5) is 24.4. The molecule has 1 atom stereocenters. The average molecular weight is 594 g/mol. The molecular weight excluding hydrogens is 574 g/mol. The highest BCUT2D eigenvalue weighted by atomic mass is 35.5. The monoisotopic (exact) mass is 593 g/mol. The molecule has 0 aliphatic heterocycles. The lowest BCUT2D eigenvalue weighted by molar-refractivity contribution is -0.139. The van der Waals surface area contributed by atoms with E-state index >= 15 is 0 Å². The van der Waals surface area contributed by atoms with Crippen LogP contribution >= 0.6 is 23.2 Å². The van der Waals surface area contributed by atoms with Gasteiger partial charge >= 0.3 is 12.1 Å². The van der Waals surface area contributed by atoms with Gasteiger partial charge in [-0.2, -0.15) is 22.7 Å². The molecule has 0 bridgehead atoms. The largest absolute Gasteiger partial charge is 0.481 e. The smallest absolute Gasteiger partial charge is 0.416 e. The van der Waals surface area contributed by atoms with E-state index in [0.29, 0.717) is 24.3 Å². The van der Waals surface area contributed by atoms with E-state index in [4.69, 9.17) is 23.2 Å². The number of nitrogens with zero attached hydrogens (tertiary/aromatic N) is 4. The lowest BCUT2D eigenvalue weighted by Crippen LogP contribution is -2.43. The van der Waals surface area contributed by atoms with Crippen LogP contribution in [0, 0.1) is 0 Å². The number of rotatable bonds is 12. The third-order valence-electron chi connectivity index (χ3n) is 5.34. The molecule has 38 heavy (non-hydrogen) atoms. The van der Waals surface area contributed by atoms with Gasteiger partial charge in [0.1, 0.15) is 6.54 Å². The van der Waals surface area contributed by atoms with Crippen molar-refractivity contribution in [1.29, 1.82) is 0 Å². The van der Waals surface area contributed by atoms with Crippen LogP contribution in [0.1, 0.15) is 34.5 Å². The Morgan fingerprint density at radius 1 is 1.05 bits per heavy atom. The number of carbonyl (C=O) groups excluding carboxylic acids is 1. The maximum Gasteiger partial charge on any atom is 0.416 e. The molecule has 1 unspecified atom stereocenters. The van der Waals surface area contributed by atoms with Crippen LogP contribution in [0.5, 0.6) is 0 Å². The minimum Gasteiger partial charge on any atom is -0.481 e. The van der Waals surface area contributed by atoms with E-state index in [1.54, 1.807) is 6.07 Å². The molecule has 204 valence electrons. The van der Waals surface area contributed by atoms with Gasteiger partial charge in [-0.25, -0.2) is 8.42 Å². The van der Waals surface area contributed by atoms with E-state index in [1.165, 1.54) is 0 Å². The molecule has 0 aliphatic carbocycles. The van der Waals surface area contributed by atoms with Crippen molar-refractivity contribution in [3.05, 3.63) is 70.5 Å². The van der Waals surface area contributed by atoms with Crippen molar-refractivity contribution in [2.24, 2.45) is 0 Å². The van der Waals surface area contributed by atoms with Gasteiger partial charge in [0.2, 0.25) is 10.0 Å². The van der Waals surface area contributed by atoms with Crippen LogP contribution < -0.4 is 4.72 Å². The number of nitrogens with one attached hydrogen (secondary N) is 1. The molecule has 3 aromatic rings. The molecule has 2 aromatic carbocycles. The number of halogens is 5. The summed E-state index contributed by atoms with van der Waals surface area (Å²) in [5, 5.41) is 20.9. The fourth-order valence-electron chi connectivity index (χ4n) is 3.46. The van der Waals surface area contributed by atoms with Crippen LogP contribution in [0.3, 0.4) is 0 Å². The lowest BCUT2D eigenvalue weighted by atomic mass is 10.00. The first-order valence-corrected chi connectivity index (χ1v) is 13.3. The maximum absolute atomic E-state index is 12.8. The Labute approximate surface area is 224 Å². The predicted octanol–water partition coefficient (Wildman–Crippen LogP) is 3.15. The minimum absolute atomic E-state index is 0.193. The average Bonchev–Trinajstić information content (AvgIpc) is 3.29. The number of benzene rings is 2. The molecule has 0 amide bonds. The minimum atomic E-state index is -4.68. The number of tetrazole rings is 1. The van der Waals surface area contributed by atoms with E-state index in [2.05, 4.69) is 15.4 Å². The quantitative estimate of drug-likeness (QED) is 0.305. The number of carbonyl (C=O) groups is 2. The normalized spacial score (nSPS) is 12.9. The topological polar surface area (TPSA) is 144 Å². The first kappa shape index (κ1) is 29.5. The number of aromatic nitrogens is 4. The van der Waals surface area contributed by atoms with Gasteiger partial charge in [0, 0.05) is 18.2 Å². The highest BCUT2D eigenvalue weighted by Gasteiger charge is 2.32. The van der Waals surface area contributed by atoms with Crippen molar-refractivity contribution in [3.8, 4) is 0 Å². The second-order valence-corrected chi connectivity index (χ2v) is 10.2. The number of hydrogen-bond donors (Lipinski definition) is 2. The van der Waals surface area contributed by atoms with E-state index in [9.17, 15) is 36.3 Å². The number of Topliss-reactive ketones (excluding diaryl/α,β-unsaturated/α-hetero) is 1. The third-order valence-corrected chi connectivity index (χ3v) is 7.40. The van der Waals surface area contributed by atoms with Crippen molar-refractivity contribution in [2.75, 3.05) is 0 Å². The summed E-state index contributed by atoms with van der Waals surface area (Å²) in [6, 6.07) is 6.18. The van der Waals surface area contributed by atoms with E-state index in [-0.39, 0.29) is 24.0 Å². The van der Waals surface area contributed by atoms with E-state index in [0.717, 1.165) is 21.5 Å². The Bertz CT molecular complexity index is 1390. The van der Waals surface area contributed by atoms with Crippen molar-refractivity contribution in [2.45, 2.75) is 48.3 Å². The zero-order chi connectivity index (χ0) is 28.1. The highest BCUT2D eigenvalue weighted by molar-refractivity contribution is 7.89. The van der Waals surface area contributed by atoms with Crippen LogP contribution in [0.2, 0.25) is 0 Å². The zero-order valence-corrected chi connectivity index (χ0v) is 21.6. The van der Waals surface area contributed by atoms with Crippen molar-refractivity contribution in [3.63, 3.8) is 0 Å². The third kappa shape index (κ3) is 7.49. The van der Waals surface area contributed by atoms with Crippen LogP contribution in [-0.4, -0.2) is 51.5 Å². The molecule has 0 spiro atoms. The molecular formula is C22H20Cl2F3N5O5S. The first-order chi connectivity index (χ1) is 17.8. The van der Waals surface area contributed by atoms with Crippen molar-refractivity contribution < 1.29 is 36.3 Å².